The molecule has 1 unspecified atom stereocenters. The maximum Gasteiger partial charge on any atom is 0.0223 e. The first-order valence-corrected chi connectivity index (χ1v) is 7.81. The summed E-state index contributed by atoms with van der Waals surface area (Å²) in [6.07, 6.45) is 4.23. The molecule has 1 N–H and O–H groups in total. The molecule has 0 spiro atoms. The van der Waals surface area contributed by atoms with Crippen LogP contribution in [-0.4, -0.2) is 86.2 Å². The van der Waals surface area contributed by atoms with Gasteiger partial charge in [0.1, 0.15) is 0 Å². The van der Waals surface area contributed by atoms with Gasteiger partial charge in [-0.2, -0.15) is 0 Å². The molecule has 0 aliphatic carbocycles. The zero-order valence-corrected chi connectivity index (χ0v) is 11.6. The molecular formula is C14H28N4. The Bertz CT molecular complexity index is 252. The van der Waals surface area contributed by atoms with Gasteiger partial charge in [-0.1, -0.05) is 0 Å². The highest BCUT2D eigenvalue weighted by molar-refractivity contribution is 4.85. The molecule has 1 atom stereocenters. The molecular weight excluding hydrogens is 224 g/mol. The molecule has 104 valence electrons. The van der Waals surface area contributed by atoms with Crippen LogP contribution in [0.3, 0.4) is 0 Å². The first kappa shape index (κ1) is 12.9. The molecule has 0 bridgehead atoms. The summed E-state index contributed by atoms with van der Waals surface area (Å²) in [5.41, 5.74) is 0. The fourth-order valence-electron chi connectivity index (χ4n) is 3.70. The van der Waals surface area contributed by atoms with Crippen molar-refractivity contribution in [1.29, 1.82) is 0 Å². The van der Waals surface area contributed by atoms with Gasteiger partial charge in [0.05, 0.1) is 0 Å². The van der Waals surface area contributed by atoms with Gasteiger partial charge in [-0.05, 0) is 38.9 Å². The van der Waals surface area contributed by atoms with Crippen molar-refractivity contribution in [2.45, 2.75) is 25.3 Å². The second-order valence-corrected chi connectivity index (χ2v) is 6.08. The Labute approximate surface area is 111 Å². The normalized spacial score (nSPS) is 32.3. The van der Waals surface area contributed by atoms with Crippen LogP contribution in [-0.2, 0) is 0 Å². The third kappa shape index (κ3) is 3.23. The lowest BCUT2D eigenvalue weighted by molar-refractivity contribution is 0.176. The van der Waals surface area contributed by atoms with Gasteiger partial charge in [0, 0.05) is 51.9 Å². The van der Waals surface area contributed by atoms with E-state index in [1.807, 2.05) is 0 Å². The first-order valence-electron chi connectivity index (χ1n) is 7.81. The molecule has 18 heavy (non-hydrogen) atoms. The van der Waals surface area contributed by atoms with Crippen LogP contribution in [0.5, 0.6) is 0 Å². The van der Waals surface area contributed by atoms with E-state index in [1.165, 1.54) is 84.7 Å². The zero-order chi connectivity index (χ0) is 12.2. The van der Waals surface area contributed by atoms with E-state index in [0.29, 0.717) is 0 Å². The Morgan fingerprint density at radius 1 is 0.833 bits per heavy atom. The molecule has 3 aliphatic heterocycles. The summed E-state index contributed by atoms with van der Waals surface area (Å²) in [6, 6.07) is 0.871. The second-order valence-electron chi connectivity index (χ2n) is 6.08. The highest BCUT2D eigenvalue weighted by Crippen LogP contribution is 2.21. The van der Waals surface area contributed by atoms with Gasteiger partial charge in [0.25, 0.3) is 0 Å². The lowest BCUT2D eigenvalue weighted by Gasteiger charge is -2.31. The quantitative estimate of drug-likeness (QED) is 0.767. The summed E-state index contributed by atoms with van der Waals surface area (Å²) in [5.74, 6) is 0. The number of nitrogens with zero attached hydrogens (tertiary/aromatic N) is 3. The molecule has 0 amide bonds. The Morgan fingerprint density at radius 2 is 1.61 bits per heavy atom. The van der Waals surface area contributed by atoms with E-state index in [4.69, 9.17) is 0 Å². The molecule has 0 aromatic rings. The molecule has 0 radical (unpaired) electrons. The monoisotopic (exact) mass is 252 g/mol. The Hall–Kier alpha value is -0.160. The lowest BCUT2D eigenvalue weighted by Crippen LogP contribution is -2.47. The predicted octanol–water partition coefficient (Wildman–Crippen LogP) is 0.0617. The number of hydrogen-bond acceptors (Lipinski definition) is 4. The predicted molar refractivity (Wildman–Crippen MR) is 75.0 cm³/mol. The molecule has 4 nitrogen and oxygen atoms in total. The number of piperazine rings is 1. The Kier molecular flexibility index (Phi) is 4.52. The van der Waals surface area contributed by atoms with E-state index < -0.39 is 0 Å². The van der Waals surface area contributed by atoms with Crippen LogP contribution in [0.25, 0.3) is 0 Å². The van der Waals surface area contributed by atoms with E-state index in [-0.39, 0.29) is 0 Å². The van der Waals surface area contributed by atoms with Crippen LogP contribution < -0.4 is 5.32 Å². The second kappa shape index (κ2) is 6.33. The fraction of sp³-hybridized carbons (Fsp3) is 1.00. The smallest absolute Gasteiger partial charge is 0.0223 e. The molecule has 3 aliphatic rings. The van der Waals surface area contributed by atoms with Gasteiger partial charge >= 0.3 is 0 Å². The van der Waals surface area contributed by atoms with Gasteiger partial charge in [-0.15, -0.1) is 0 Å². The van der Waals surface area contributed by atoms with Crippen molar-refractivity contribution < 1.29 is 0 Å². The summed E-state index contributed by atoms with van der Waals surface area (Å²) >= 11 is 0. The van der Waals surface area contributed by atoms with Crippen LogP contribution in [0.1, 0.15) is 19.3 Å². The van der Waals surface area contributed by atoms with Gasteiger partial charge in [-0.25, -0.2) is 0 Å². The zero-order valence-electron chi connectivity index (χ0n) is 11.6. The third-order valence-corrected chi connectivity index (χ3v) is 4.83. The summed E-state index contributed by atoms with van der Waals surface area (Å²) < 4.78 is 0. The van der Waals surface area contributed by atoms with E-state index in [9.17, 15) is 0 Å². The van der Waals surface area contributed by atoms with Crippen LogP contribution in [0, 0.1) is 0 Å². The molecule has 3 heterocycles. The summed E-state index contributed by atoms with van der Waals surface area (Å²) in [5, 5.41) is 3.43. The first-order chi connectivity index (χ1) is 8.92. The molecule has 3 rings (SSSR count). The summed E-state index contributed by atoms with van der Waals surface area (Å²) in [6.45, 7) is 12.7. The SMILES string of the molecule is C1CC2CN(CCN3CCNCC3)CCCN2C1. The van der Waals surface area contributed by atoms with Crippen LogP contribution in [0.15, 0.2) is 0 Å². The maximum absolute atomic E-state index is 3.43. The van der Waals surface area contributed by atoms with Crippen molar-refractivity contribution in [3.63, 3.8) is 0 Å². The minimum absolute atomic E-state index is 0.871. The molecule has 0 saturated carbocycles. The summed E-state index contributed by atoms with van der Waals surface area (Å²) in [4.78, 5) is 8.07. The molecule has 3 saturated heterocycles. The topological polar surface area (TPSA) is 21.8 Å². The largest absolute Gasteiger partial charge is 0.314 e. The number of fused-ring (bicyclic) bond motifs is 1. The van der Waals surface area contributed by atoms with E-state index >= 15 is 0 Å². The highest BCUT2D eigenvalue weighted by atomic mass is 15.3. The van der Waals surface area contributed by atoms with E-state index in [1.54, 1.807) is 0 Å². The Balaban J connectivity index is 1.43. The standard InChI is InChI=1S/C14H28N4/c1-3-14-13-17(6-2-8-18(14)7-1)12-11-16-9-4-15-5-10-16/h14-15H,1-13H2. The van der Waals surface area contributed by atoms with E-state index in [2.05, 4.69) is 20.0 Å². The lowest BCUT2D eigenvalue weighted by atomic mass is 10.2. The van der Waals surface area contributed by atoms with E-state index in [0.717, 1.165) is 6.04 Å². The van der Waals surface area contributed by atoms with Crippen molar-refractivity contribution in [3.8, 4) is 0 Å². The average Bonchev–Trinajstić information content (AvgIpc) is 2.76. The Morgan fingerprint density at radius 3 is 2.50 bits per heavy atom. The summed E-state index contributed by atoms with van der Waals surface area (Å²) in [7, 11) is 0. The van der Waals surface area contributed by atoms with Crippen molar-refractivity contribution in [2.24, 2.45) is 0 Å². The van der Waals surface area contributed by atoms with Gasteiger partial charge in [0.15, 0.2) is 0 Å². The van der Waals surface area contributed by atoms with Gasteiger partial charge in [0.2, 0.25) is 0 Å². The number of hydrogen-bond donors (Lipinski definition) is 1. The number of rotatable bonds is 3. The molecule has 0 aromatic heterocycles. The van der Waals surface area contributed by atoms with Crippen LogP contribution in [0.2, 0.25) is 0 Å². The number of nitrogens with one attached hydrogen (secondary N) is 1. The van der Waals surface area contributed by atoms with Crippen molar-refractivity contribution in [2.75, 3.05) is 65.4 Å². The minimum atomic E-state index is 0.871. The van der Waals surface area contributed by atoms with Crippen LogP contribution >= 0.6 is 0 Å². The molecule has 0 aromatic carbocycles. The van der Waals surface area contributed by atoms with Crippen molar-refractivity contribution in [3.05, 3.63) is 0 Å². The highest BCUT2D eigenvalue weighted by Gasteiger charge is 2.28. The molecule has 4 heteroatoms. The van der Waals surface area contributed by atoms with Crippen LogP contribution in [0.4, 0.5) is 0 Å². The molecule has 3 fully saturated rings. The van der Waals surface area contributed by atoms with Gasteiger partial charge < -0.3 is 10.2 Å². The third-order valence-electron chi connectivity index (χ3n) is 4.83. The minimum Gasteiger partial charge on any atom is -0.314 e. The average molecular weight is 252 g/mol. The van der Waals surface area contributed by atoms with Crippen molar-refractivity contribution >= 4 is 0 Å². The van der Waals surface area contributed by atoms with Crippen molar-refractivity contribution in [1.82, 2.24) is 20.0 Å². The fourth-order valence-corrected chi connectivity index (χ4v) is 3.70. The van der Waals surface area contributed by atoms with Gasteiger partial charge in [-0.3, -0.25) is 9.80 Å². The maximum atomic E-state index is 3.43.